The number of carboxylic acid groups (broad SMARTS) is 1. The van der Waals surface area contributed by atoms with Gasteiger partial charge in [0.05, 0.1) is 5.41 Å². The zero-order valence-corrected chi connectivity index (χ0v) is 14.6. The Balaban J connectivity index is 1.59. The molecule has 130 valence electrons. The fourth-order valence-electron chi connectivity index (χ4n) is 3.26. The molecular formula is C17H19Cl2NO4. The SMILES string of the molecule is O=C(NCC1(C(=O)O)CCOCC1)C1CC1c1cc(Cl)cc(Cl)c1. The number of rotatable bonds is 5. The van der Waals surface area contributed by atoms with E-state index in [1.165, 1.54) is 0 Å². The van der Waals surface area contributed by atoms with Gasteiger partial charge in [-0.1, -0.05) is 23.2 Å². The van der Waals surface area contributed by atoms with E-state index >= 15 is 0 Å². The van der Waals surface area contributed by atoms with Gasteiger partial charge in [-0.3, -0.25) is 9.59 Å². The Morgan fingerprint density at radius 2 is 1.83 bits per heavy atom. The van der Waals surface area contributed by atoms with Crippen molar-refractivity contribution in [1.29, 1.82) is 0 Å². The standard InChI is InChI=1S/C17H19Cl2NO4/c18-11-5-10(6-12(19)7-11)13-8-14(13)15(21)20-9-17(16(22)23)1-3-24-4-2-17/h5-7,13-14H,1-4,8-9H2,(H,20,21)(H,22,23). The van der Waals surface area contributed by atoms with Gasteiger partial charge < -0.3 is 15.2 Å². The van der Waals surface area contributed by atoms with E-state index in [9.17, 15) is 14.7 Å². The average molecular weight is 372 g/mol. The van der Waals surface area contributed by atoms with Crippen molar-refractivity contribution in [2.24, 2.45) is 11.3 Å². The van der Waals surface area contributed by atoms with Crippen LogP contribution in [0.25, 0.3) is 0 Å². The van der Waals surface area contributed by atoms with Crippen LogP contribution in [-0.2, 0) is 14.3 Å². The number of carbonyl (C=O) groups excluding carboxylic acids is 1. The predicted molar refractivity (Wildman–Crippen MR) is 90.4 cm³/mol. The van der Waals surface area contributed by atoms with Gasteiger partial charge in [-0.25, -0.2) is 0 Å². The first kappa shape index (κ1) is 17.5. The molecule has 0 radical (unpaired) electrons. The monoisotopic (exact) mass is 371 g/mol. The highest BCUT2D eigenvalue weighted by molar-refractivity contribution is 6.34. The van der Waals surface area contributed by atoms with Crippen LogP contribution in [-0.4, -0.2) is 36.7 Å². The van der Waals surface area contributed by atoms with Crippen LogP contribution in [0.15, 0.2) is 18.2 Å². The van der Waals surface area contributed by atoms with E-state index in [4.69, 9.17) is 27.9 Å². The van der Waals surface area contributed by atoms with E-state index in [-0.39, 0.29) is 24.3 Å². The number of ether oxygens (including phenoxy) is 1. The summed E-state index contributed by atoms with van der Waals surface area (Å²) in [6.45, 7) is 0.967. The zero-order chi connectivity index (χ0) is 17.3. The molecule has 7 heteroatoms. The first-order valence-electron chi connectivity index (χ1n) is 7.96. The molecule has 2 aliphatic rings. The summed E-state index contributed by atoms with van der Waals surface area (Å²) in [7, 11) is 0. The summed E-state index contributed by atoms with van der Waals surface area (Å²) in [4.78, 5) is 24.0. The van der Waals surface area contributed by atoms with Crippen molar-refractivity contribution < 1.29 is 19.4 Å². The van der Waals surface area contributed by atoms with E-state index in [0.29, 0.717) is 36.1 Å². The van der Waals surface area contributed by atoms with Gasteiger partial charge in [0.25, 0.3) is 0 Å². The molecule has 0 bridgehead atoms. The number of nitrogens with one attached hydrogen (secondary N) is 1. The fourth-order valence-corrected chi connectivity index (χ4v) is 3.80. The lowest BCUT2D eigenvalue weighted by Gasteiger charge is -2.33. The van der Waals surface area contributed by atoms with Crippen LogP contribution < -0.4 is 5.32 Å². The highest BCUT2D eigenvalue weighted by Crippen LogP contribution is 2.48. The third-order valence-electron chi connectivity index (χ3n) is 4.94. The third-order valence-corrected chi connectivity index (χ3v) is 5.38. The average Bonchev–Trinajstić information content (AvgIpc) is 3.33. The molecular weight excluding hydrogens is 353 g/mol. The Hall–Kier alpha value is -1.30. The van der Waals surface area contributed by atoms with Crippen molar-refractivity contribution in [3.8, 4) is 0 Å². The summed E-state index contributed by atoms with van der Waals surface area (Å²) < 4.78 is 5.24. The minimum Gasteiger partial charge on any atom is -0.481 e. The summed E-state index contributed by atoms with van der Waals surface area (Å²) in [6, 6.07) is 5.30. The molecule has 2 N–H and O–H groups in total. The largest absolute Gasteiger partial charge is 0.481 e. The Morgan fingerprint density at radius 1 is 1.21 bits per heavy atom. The molecule has 1 saturated carbocycles. The highest BCUT2D eigenvalue weighted by atomic mass is 35.5. The van der Waals surface area contributed by atoms with Crippen molar-refractivity contribution in [3.05, 3.63) is 33.8 Å². The molecule has 5 nitrogen and oxygen atoms in total. The number of carboxylic acids is 1. The molecule has 2 unspecified atom stereocenters. The van der Waals surface area contributed by atoms with Crippen molar-refractivity contribution in [1.82, 2.24) is 5.32 Å². The number of amides is 1. The number of halogens is 2. The zero-order valence-electron chi connectivity index (χ0n) is 13.1. The van der Waals surface area contributed by atoms with E-state index in [1.807, 2.05) is 12.1 Å². The molecule has 24 heavy (non-hydrogen) atoms. The summed E-state index contributed by atoms with van der Waals surface area (Å²) >= 11 is 12.0. The lowest BCUT2D eigenvalue weighted by molar-refractivity contribution is -0.154. The summed E-state index contributed by atoms with van der Waals surface area (Å²) in [6.07, 6.45) is 1.56. The van der Waals surface area contributed by atoms with Crippen molar-refractivity contribution >= 4 is 35.1 Å². The highest BCUT2D eigenvalue weighted by Gasteiger charge is 2.46. The van der Waals surface area contributed by atoms with Crippen molar-refractivity contribution in [2.75, 3.05) is 19.8 Å². The van der Waals surface area contributed by atoms with Gasteiger partial charge in [0, 0.05) is 35.7 Å². The maximum Gasteiger partial charge on any atom is 0.311 e. The predicted octanol–water partition coefficient (Wildman–Crippen LogP) is 3.09. The van der Waals surface area contributed by atoms with Crippen LogP contribution in [0.1, 0.15) is 30.7 Å². The number of hydrogen-bond donors (Lipinski definition) is 2. The van der Waals surface area contributed by atoms with E-state index in [2.05, 4.69) is 5.32 Å². The molecule has 1 amide bonds. The molecule has 1 aromatic carbocycles. The molecule has 0 aromatic heterocycles. The lowest BCUT2D eigenvalue weighted by atomic mass is 9.80. The Morgan fingerprint density at radius 3 is 2.42 bits per heavy atom. The minimum absolute atomic E-state index is 0.0941. The first-order chi connectivity index (χ1) is 11.4. The third kappa shape index (κ3) is 3.68. The van der Waals surface area contributed by atoms with Gasteiger partial charge in [0.2, 0.25) is 5.91 Å². The number of aliphatic carboxylic acids is 1. The van der Waals surface area contributed by atoms with E-state index in [0.717, 1.165) is 12.0 Å². The lowest BCUT2D eigenvalue weighted by Crippen LogP contribution is -2.46. The van der Waals surface area contributed by atoms with Crippen LogP contribution in [0.4, 0.5) is 0 Å². The van der Waals surface area contributed by atoms with Gasteiger partial charge in [-0.05, 0) is 48.9 Å². The van der Waals surface area contributed by atoms with E-state index < -0.39 is 11.4 Å². The van der Waals surface area contributed by atoms with Gasteiger partial charge in [0.1, 0.15) is 0 Å². The topological polar surface area (TPSA) is 75.6 Å². The number of hydrogen-bond acceptors (Lipinski definition) is 3. The molecule has 1 saturated heterocycles. The van der Waals surface area contributed by atoms with Gasteiger partial charge in [-0.2, -0.15) is 0 Å². The molecule has 1 aliphatic heterocycles. The molecule has 2 fully saturated rings. The van der Waals surface area contributed by atoms with Crippen molar-refractivity contribution in [2.45, 2.75) is 25.2 Å². The normalized spacial score (nSPS) is 25.1. The molecule has 0 spiro atoms. The van der Waals surface area contributed by atoms with Gasteiger partial charge >= 0.3 is 5.97 Å². The quantitative estimate of drug-likeness (QED) is 0.833. The van der Waals surface area contributed by atoms with Crippen molar-refractivity contribution in [3.63, 3.8) is 0 Å². The second-order valence-electron chi connectivity index (χ2n) is 6.57. The van der Waals surface area contributed by atoms with Crippen LogP contribution in [0, 0.1) is 11.3 Å². The summed E-state index contributed by atoms with van der Waals surface area (Å²) in [5.41, 5.74) is 0.0316. The molecule has 2 atom stereocenters. The maximum absolute atomic E-state index is 12.4. The second kappa shape index (κ2) is 6.90. The Kier molecular flexibility index (Phi) is 5.04. The maximum atomic E-state index is 12.4. The molecule has 3 rings (SSSR count). The second-order valence-corrected chi connectivity index (χ2v) is 7.44. The van der Waals surface area contributed by atoms with Gasteiger partial charge in [-0.15, -0.1) is 0 Å². The Bertz CT molecular complexity index is 638. The first-order valence-corrected chi connectivity index (χ1v) is 8.72. The van der Waals surface area contributed by atoms with E-state index in [1.54, 1.807) is 6.07 Å². The molecule has 1 aromatic rings. The smallest absolute Gasteiger partial charge is 0.311 e. The Labute approximate surface area is 150 Å². The number of carbonyl (C=O) groups is 2. The summed E-state index contributed by atoms with van der Waals surface area (Å²) in [5, 5.41) is 13.4. The fraction of sp³-hybridized carbons (Fsp3) is 0.529. The number of benzene rings is 1. The van der Waals surface area contributed by atoms with Crippen LogP contribution in [0.3, 0.4) is 0 Å². The van der Waals surface area contributed by atoms with Crippen LogP contribution >= 0.6 is 23.2 Å². The summed E-state index contributed by atoms with van der Waals surface area (Å²) in [5.74, 6) is -1.04. The molecule has 1 aliphatic carbocycles. The van der Waals surface area contributed by atoms with Crippen LogP contribution in [0.2, 0.25) is 10.0 Å². The van der Waals surface area contributed by atoms with Gasteiger partial charge in [0.15, 0.2) is 0 Å². The molecule has 1 heterocycles. The van der Waals surface area contributed by atoms with Crippen LogP contribution in [0.5, 0.6) is 0 Å². The minimum atomic E-state index is -0.919.